The maximum atomic E-state index is 13.7. The molecule has 0 radical (unpaired) electrons. The number of primary amides is 1. The third-order valence-corrected chi connectivity index (χ3v) is 5.57. The number of carbonyl (C=O) groups excluding carboxylic acids is 4. The summed E-state index contributed by atoms with van der Waals surface area (Å²) in [5.74, 6) is -1.95. The number of carbonyl (C=O) groups is 4. The van der Waals surface area contributed by atoms with Crippen LogP contribution in [-0.4, -0.2) is 47.4 Å². The molecular weight excluding hydrogens is 472 g/mol. The molecule has 9 nitrogen and oxygen atoms in total. The molecule has 0 saturated carbocycles. The van der Waals surface area contributed by atoms with E-state index >= 15 is 0 Å². The zero-order valence-corrected chi connectivity index (χ0v) is 22.3. The molecule has 0 spiro atoms. The van der Waals surface area contributed by atoms with E-state index in [0.29, 0.717) is 11.3 Å². The van der Waals surface area contributed by atoms with Crippen molar-refractivity contribution >= 4 is 35.6 Å². The lowest BCUT2D eigenvalue weighted by molar-refractivity contribution is -0.140. The Balaban J connectivity index is 2.47. The molecule has 198 valence electrons. The van der Waals surface area contributed by atoms with Gasteiger partial charge in [-0.05, 0) is 62.9 Å². The van der Waals surface area contributed by atoms with Crippen LogP contribution in [0.2, 0.25) is 0 Å². The summed E-state index contributed by atoms with van der Waals surface area (Å²) in [6.07, 6.45) is 0.275. The predicted octanol–water partition coefficient (Wildman–Crippen LogP) is 3.85. The molecule has 2 aromatic carbocycles. The van der Waals surface area contributed by atoms with Crippen LogP contribution in [0.1, 0.15) is 55.5 Å². The van der Waals surface area contributed by atoms with Crippen LogP contribution in [-0.2, 0) is 19.1 Å². The summed E-state index contributed by atoms with van der Waals surface area (Å²) in [6.45, 7) is 12.5. The number of alkyl carbamates (subject to hydrolysis) is 1. The molecule has 2 rings (SSSR count). The summed E-state index contributed by atoms with van der Waals surface area (Å²) in [4.78, 5) is 52.6. The van der Waals surface area contributed by atoms with E-state index in [0.717, 1.165) is 16.7 Å². The Morgan fingerprint density at radius 3 is 2.22 bits per heavy atom. The molecule has 4 amide bonds. The lowest BCUT2D eigenvalue weighted by atomic mass is 10.00. The Bertz CT molecular complexity index is 1170. The van der Waals surface area contributed by atoms with Gasteiger partial charge in [0.05, 0.1) is 6.42 Å². The van der Waals surface area contributed by atoms with Gasteiger partial charge in [-0.25, -0.2) is 4.79 Å². The third kappa shape index (κ3) is 8.20. The van der Waals surface area contributed by atoms with Crippen LogP contribution in [0.4, 0.5) is 10.5 Å². The van der Waals surface area contributed by atoms with E-state index in [9.17, 15) is 19.2 Å². The molecule has 0 aliphatic rings. The minimum atomic E-state index is -1.34. The number of nitrogens with two attached hydrogens (primary N) is 1. The van der Waals surface area contributed by atoms with Crippen LogP contribution >= 0.6 is 0 Å². The Morgan fingerprint density at radius 1 is 1.08 bits per heavy atom. The number of anilines is 1. The van der Waals surface area contributed by atoms with Crippen LogP contribution in [0.25, 0.3) is 6.08 Å². The molecule has 2 atom stereocenters. The number of aryl methyl sites for hydroxylation is 2. The summed E-state index contributed by atoms with van der Waals surface area (Å²) in [5.41, 5.74) is 8.17. The Labute approximate surface area is 218 Å². The first-order valence-corrected chi connectivity index (χ1v) is 11.9. The zero-order valence-electron chi connectivity index (χ0n) is 22.3. The fourth-order valence-corrected chi connectivity index (χ4v) is 3.83. The average molecular weight is 509 g/mol. The highest BCUT2D eigenvalue weighted by Crippen LogP contribution is 2.27. The second-order valence-electron chi connectivity index (χ2n) is 9.85. The number of rotatable bonds is 9. The molecule has 2 unspecified atom stereocenters. The molecule has 4 N–H and O–H groups in total. The number of amides is 4. The molecule has 37 heavy (non-hydrogen) atoms. The van der Waals surface area contributed by atoms with Crippen molar-refractivity contribution < 1.29 is 23.9 Å². The molecule has 0 saturated heterocycles. The normalized spacial score (nSPS) is 12.6. The summed E-state index contributed by atoms with van der Waals surface area (Å²) in [5, 5.41) is 5.36. The predicted molar refractivity (Wildman–Crippen MR) is 144 cm³/mol. The first-order valence-electron chi connectivity index (χ1n) is 11.9. The minimum Gasteiger partial charge on any atom is -0.444 e. The van der Waals surface area contributed by atoms with Crippen molar-refractivity contribution in [3.8, 4) is 0 Å². The lowest BCUT2D eigenvalue weighted by Crippen LogP contribution is -2.52. The van der Waals surface area contributed by atoms with Gasteiger partial charge in [-0.2, -0.15) is 0 Å². The topological polar surface area (TPSA) is 131 Å². The monoisotopic (exact) mass is 508 g/mol. The molecule has 0 bridgehead atoms. The highest BCUT2D eigenvalue weighted by molar-refractivity contribution is 6.00. The van der Waals surface area contributed by atoms with Gasteiger partial charge in [0.1, 0.15) is 17.7 Å². The smallest absolute Gasteiger partial charge is 0.408 e. The molecule has 0 aliphatic carbocycles. The van der Waals surface area contributed by atoms with Crippen LogP contribution in [0, 0.1) is 13.8 Å². The summed E-state index contributed by atoms with van der Waals surface area (Å²) < 4.78 is 5.24. The standard InChI is InChI=1S/C28H36N4O5/c1-8-19-13-10-14-20(15-19)24(25(34)31-23-17(2)11-9-12-18(23)3)32(7)26(35)21(16-22(29)33)30-27(36)37-28(4,5)6/h8-15,21,24H,1,16H2,2-7H3,(H2,29,33)(H,30,36)(H,31,34). The largest absolute Gasteiger partial charge is 0.444 e. The number of hydrogen-bond donors (Lipinski definition) is 3. The first-order chi connectivity index (χ1) is 17.2. The second kappa shape index (κ2) is 12.2. The van der Waals surface area contributed by atoms with E-state index in [-0.39, 0.29) is 0 Å². The van der Waals surface area contributed by atoms with Gasteiger partial charge in [-0.3, -0.25) is 14.4 Å². The first kappa shape index (κ1) is 29.1. The van der Waals surface area contributed by atoms with Crippen molar-refractivity contribution in [2.75, 3.05) is 12.4 Å². The van der Waals surface area contributed by atoms with Gasteiger partial charge < -0.3 is 26.0 Å². The maximum absolute atomic E-state index is 13.7. The summed E-state index contributed by atoms with van der Waals surface area (Å²) in [7, 11) is 1.43. The number of para-hydroxylation sites is 1. The van der Waals surface area contributed by atoms with E-state index in [1.165, 1.54) is 11.9 Å². The number of nitrogens with zero attached hydrogens (tertiary/aromatic N) is 1. The molecule has 0 aromatic heterocycles. The molecule has 0 fully saturated rings. The van der Waals surface area contributed by atoms with Crippen molar-refractivity contribution in [1.82, 2.24) is 10.2 Å². The Morgan fingerprint density at radius 2 is 1.68 bits per heavy atom. The molecule has 0 heterocycles. The lowest BCUT2D eigenvalue weighted by Gasteiger charge is -2.31. The van der Waals surface area contributed by atoms with Crippen LogP contribution < -0.4 is 16.4 Å². The highest BCUT2D eigenvalue weighted by Gasteiger charge is 2.35. The van der Waals surface area contributed by atoms with Crippen molar-refractivity contribution in [3.05, 3.63) is 71.3 Å². The van der Waals surface area contributed by atoms with Crippen molar-refractivity contribution in [1.29, 1.82) is 0 Å². The van der Waals surface area contributed by atoms with Gasteiger partial charge in [-0.15, -0.1) is 0 Å². The van der Waals surface area contributed by atoms with E-state index in [1.807, 2.05) is 38.1 Å². The molecule has 0 aliphatic heterocycles. The van der Waals surface area contributed by atoms with Crippen molar-refractivity contribution in [3.63, 3.8) is 0 Å². The second-order valence-corrected chi connectivity index (χ2v) is 9.85. The van der Waals surface area contributed by atoms with Gasteiger partial charge in [0.2, 0.25) is 11.8 Å². The number of hydrogen-bond acceptors (Lipinski definition) is 5. The Kier molecular flexibility index (Phi) is 9.60. The van der Waals surface area contributed by atoms with Gasteiger partial charge >= 0.3 is 6.09 Å². The van der Waals surface area contributed by atoms with Gasteiger partial charge in [-0.1, -0.05) is 49.1 Å². The molecule has 9 heteroatoms. The maximum Gasteiger partial charge on any atom is 0.408 e. The molecule has 2 aromatic rings. The van der Waals surface area contributed by atoms with Crippen molar-refractivity contribution in [2.45, 2.75) is 58.7 Å². The van der Waals surface area contributed by atoms with Gasteiger partial charge in [0.25, 0.3) is 5.91 Å². The summed E-state index contributed by atoms with van der Waals surface area (Å²) in [6, 6.07) is 10.2. The number of likely N-dealkylation sites (N-methyl/N-ethyl adjacent to an activating group) is 1. The average Bonchev–Trinajstić information content (AvgIpc) is 2.79. The number of nitrogens with one attached hydrogen (secondary N) is 2. The van der Waals surface area contributed by atoms with Crippen LogP contribution in [0.5, 0.6) is 0 Å². The number of benzene rings is 2. The van der Waals surface area contributed by atoms with Crippen LogP contribution in [0.3, 0.4) is 0 Å². The molecular formula is C28H36N4O5. The van der Waals surface area contributed by atoms with Crippen LogP contribution in [0.15, 0.2) is 49.0 Å². The number of ether oxygens (including phenoxy) is 1. The fraction of sp³-hybridized carbons (Fsp3) is 0.357. The van der Waals surface area contributed by atoms with Gasteiger partial charge in [0.15, 0.2) is 0 Å². The van der Waals surface area contributed by atoms with Crippen molar-refractivity contribution in [2.24, 2.45) is 5.73 Å². The van der Waals surface area contributed by atoms with E-state index in [1.54, 1.807) is 45.0 Å². The summed E-state index contributed by atoms with van der Waals surface area (Å²) >= 11 is 0. The quantitative estimate of drug-likeness (QED) is 0.474. The van der Waals surface area contributed by atoms with E-state index in [4.69, 9.17) is 10.5 Å². The van der Waals surface area contributed by atoms with E-state index < -0.39 is 47.9 Å². The third-order valence-electron chi connectivity index (χ3n) is 5.57. The fourth-order valence-electron chi connectivity index (χ4n) is 3.83. The SMILES string of the molecule is C=Cc1cccc(C(C(=O)Nc2c(C)cccc2C)N(C)C(=O)C(CC(N)=O)NC(=O)OC(C)(C)C)c1. The minimum absolute atomic E-state index is 0.468. The van der Waals surface area contributed by atoms with Gasteiger partial charge in [0, 0.05) is 12.7 Å². The van der Waals surface area contributed by atoms with E-state index in [2.05, 4.69) is 17.2 Å². The zero-order chi connectivity index (χ0) is 27.9. The highest BCUT2D eigenvalue weighted by atomic mass is 16.6. The Hall–Kier alpha value is -4.14.